The molecule has 1 aliphatic rings. The van der Waals surface area contributed by atoms with Gasteiger partial charge in [-0.2, -0.15) is 0 Å². The van der Waals surface area contributed by atoms with Gasteiger partial charge in [-0.05, 0) is 0 Å². The van der Waals surface area contributed by atoms with Crippen molar-refractivity contribution in [1.82, 2.24) is 0 Å². The minimum Gasteiger partial charge on any atom is -0.378 e. The third-order valence-electron chi connectivity index (χ3n) is 0.958. The van der Waals surface area contributed by atoms with E-state index in [-0.39, 0.29) is 6.61 Å². The van der Waals surface area contributed by atoms with E-state index in [4.69, 9.17) is 0 Å². The fourth-order valence-corrected chi connectivity index (χ4v) is 1.46. The van der Waals surface area contributed by atoms with Crippen LogP contribution in [0.3, 0.4) is 0 Å². The molecule has 0 aliphatic carbocycles. The van der Waals surface area contributed by atoms with Crippen molar-refractivity contribution in [3.8, 4) is 0 Å². The van der Waals surface area contributed by atoms with Crippen LogP contribution in [-0.4, -0.2) is 27.7 Å². The lowest BCUT2D eigenvalue weighted by Crippen LogP contribution is -1.91. The van der Waals surface area contributed by atoms with E-state index >= 15 is 0 Å². The Bertz CT molecular complexity index is 275. The third kappa shape index (κ3) is 1.65. The lowest BCUT2D eigenvalue weighted by Gasteiger charge is -1.90. The van der Waals surface area contributed by atoms with E-state index in [1.807, 2.05) is 0 Å². The van der Waals surface area contributed by atoms with Crippen molar-refractivity contribution in [1.29, 1.82) is 0 Å². The lowest BCUT2D eigenvalue weighted by atomic mass is 10.5. The molecule has 0 aromatic heterocycles. The molecule has 0 saturated carbocycles. The van der Waals surface area contributed by atoms with Crippen LogP contribution in [-0.2, 0) is 14.6 Å². The molecule has 4 nitrogen and oxygen atoms in total. The number of rotatable bonds is 2. The van der Waals surface area contributed by atoms with Crippen LogP contribution < -0.4 is 0 Å². The number of aliphatic imine (C=N–C) groups is 1. The quantitative estimate of drug-likeness (QED) is 0.569. The Morgan fingerprint density at radius 2 is 2.40 bits per heavy atom. The van der Waals surface area contributed by atoms with Crippen molar-refractivity contribution < 1.29 is 13.2 Å². The Hall–Kier alpha value is -0.680. The summed E-state index contributed by atoms with van der Waals surface area (Å²) in [6.07, 6.45) is 0. The Labute approximate surface area is 59.1 Å². The second-order valence-electron chi connectivity index (χ2n) is 1.87. The second-order valence-corrected chi connectivity index (χ2v) is 3.49. The van der Waals surface area contributed by atoms with Crippen LogP contribution >= 0.6 is 0 Å². The number of sulfone groups is 1. The molecule has 0 amide bonds. The molecular weight excluding hydrogens is 154 g/mol. The maximum absolute atomic E-state index is 10.6. The fourth-order valence-electron chi connectivity index (χ4n) is 0.611. The summed E-state index contributed by atoms with van der Waals surface area (Å²) < 4.78 is 25.9. The van der Waals surface area contributed by atoms with E-state index in [0.717, 1.165) is 11.0 Å². The molecule has 0 bridgehead atoms. The van der Waals surface area contributed by atoms with Crippen LogP contribution in [0.2, 0.25) is 0 Å². The van der Waals surface area contributed by atoms with Crippen LogP contribution in [0.25, 0.3) is 0 Å². The molecule has 0 unspecified atom stereocenters. The summed E-state index contributed by atoms with van der Waals surface area (Å²) in [6, 6.07) is 0. The number of nitrogens with zero attached hydrogens (tertiary/aromatic N) is 1. The number of ether oxygens (including phenoxy) is 1. The molecule has 10 heavy (non-hydrogen) atoms. The fraction of sp³-hybridized carbons (Fsp3) is 0.400. The molecule has 1 rings (SSSR count). The van der Waals surface area contributed by atoms with Gasteiger partial charge in [0, 0.05) is 7.11 Å². The highest BCUT2D eigenvalue weighted by atomic mass is 32.2. The Balaban J connectivity index is 2.79. The standard InChI is InChI=1S/C5H7NO3S/c1-9-2-5-3-10(7,8)4-6-5/h3-4H,2H2,1H3. The van der Waals surface area contributed by atoms with E-state index in [9.17, 15) is 8.42 Å². The van der Waals surface area contributed by atoms with Crippen molar-refractivity contribution in [2.75, 3.05) is 13.7 Å². The van der Waals surface area contributed by atoms with Gasteiger partial charge in [0.25, 0.3) is 0 Å². The monoisotopic (exact) mass is 161 g/mol. The molecule has 1 aliphatic heterocycles. The summed E-state index contributed by atoms with van der Waals surface area (Å²) in [5.41, 5.74) is 1.36. The van der Waals surface area contributed by atoms with Gasteiger partial charge in [-0.15, -0.1) is 0 Å². The van der Waals surface area contributed by atoms with E-state index in [0.29, 0.717) is 5.70 Å². The zero-order valence-electron chi connectivity index (χ0n) is 5.44. The molecule has 0 aromatic carbocycles. The summed E-state index contributed by atoms with van der Waals surface area (Å²) in [6.45, 7) is 0.246. The van der Waals surface area contributed by atoms with Gasteiger partial charge < -0.3 is 4.74 Å². The van der Waals surface area contributed by atoms with Crippen molar-refractivity contribution in [3.05, 3.63) is 11.1 Å². The normalized spacial score (nSPS) is 21.1. The van der Waals surface area contributed by atoms with E-state index in [1.165, 1.54) is 7.11 Å². The zero-order valence-corrected chi connectivity index (χ0v) is 6.26. The number of hydrogen-bond donors (Lipinski definition) is 0. The predicted octanol–water partition coefficient (Wildman–Crippen LogP) is -0.0691. The highest BCUT2D eigenvalue weighted by Gasteiger charge is 2.11. The molecule has 56 valence electrons. The molecule has 0 atom stereocenters. The average molecular weight is 161 g/mol. The Morgan fingerprint density at radius 1 is 1.70 bits per heavy atom. The van der Waals surface area contributed by atoms with E-state index in [1.54, 1.807) is 0 Å². The first-order chi connectivity index (χ1) is 4.64. The molecule has 0 aromatic rings. The first-order valence-corrected chi connectivity index (χ1v) is 4.24. The average Bonchev–Trinajstić information content (AvgIpc) is 2.12. The summed E-state index contributed by atoms with van der Waals surface area (Å²) in [7, 11) is -1.66. The maximum Gasteiger partial charge on any atom is 0.212 e. The van der Waals surface area contributed by atoms with Crippen molar-refractivity contribution in [2.24, 2.45) is 4.99 Å². The first-order valence-electron chi connectivity index (χ1n) is 2.63. The second kappa shape index (κ2) is 2.51. The van der Waals surface area contributed by atoms with Crippen molar-refractivity contribution >= 4 is 15.4 Å². The van der Waals surface area contributed by atoms with Gasteiger partial charge in [0.2, 0.25) is 9.84 Å². The zero-order chi connectivity index (χ0) is 7.61. The van der Waals surface area contributed by atoms with Gasteiger partial charge in [0.1, 0.15) is 5.55 Å². The lowest BCUT2D eigenvalue weighted by molar-refractivity contribution is 0.225. The maximum atomic E-state index is 10.6. The summed E-state index contributed by atoms with van der Waals surface area (Å²) >= 11 is 0. The van der Waals surface area contributed by atoms with Gasteiger partial charge in [0.05, 0.1) is 17.7 Å². The molecule has 5 heteroatoms. The largest absolute Gasteiger partial charge is 0.378 e. The third-order valence-corrected chi connectivity index (χ3v) is 1.96. The smallest absolute Gasteiger partial charge is 0.212 e. The Morgan fingerprint density at radius 3 is 2.80 bits per heavy atom. The molecule has 0 fully saturated rings. The Kier molecular flexibility index (Phi) is 1.87. The summed E-state index contributed by atoms with van der Waals surface area (Å²) in [5, 5.41) is 1.09. The van der Waals surface area contributed by atoms with E-state index in [2.05, 4.69) is 9.73 Å². The number of methoxy groups -OCH3 is 1. The topological polar surface area (TPSA) is 55.7 Å². The molecule has 1 heterocycles. The van der Waals surface area contributed by atoms with Gasteiger partial charge in [0.15, 0.2) is 0 Å². The molecule has 0 N–H and O–H groups in total. The van der Waals surface area contributed by atoms with Crippen LogP contribution in [0.5, 0.6) is 0 Å². The molecule has 0 saturated heterocycles. The molecule has 0 radical (unpaired) electrons. The van der Waals surface area contributed by atoms with Gasteiger partial charge >= 0.3 is 0 Å². The van der Waals surface area contributed by atoms with Crippen LogP contribution in [0.15, 0.2) is 16.1 Å². The first kappa shape index (κ1) is 7.43. The number of hydrogen-bond acceptors (Lipinski definition) is 4. The van der Waals surface area contributed by atoms with Crippen LogP contribution in [0.1, 0.15) is 0 Å². The van der Waals surface area contributed by atoms with Gasteiger partial charge in [-0.25, -0.2) is 13.4 Å². The summed E-state index contributed by atoms with van der Waals surface area (Å²) in [5.74, 6) is 0. The highest BCUT2D eigenvalue weighted by Crippen LogP contribution is 2.07. The minimum absolute atomic E-state index is 0.246. The van der Waals surface area contributed by atoms with Crippen molar-refractivity contribution in [3.63, 3.8) is 0 Å². The van der Waals surface area contributed by atoms with E-state index < -0.39 is 9.84 Å². The van der Waals surface area contributed by atoms with Crippen LogP contribution in [0, 0.1) is 0 Å². The van der Waals surface area contributed by atoms with Gasteiger partial charge in [-0.1, -0.05) is 0 Å². The molecular formula is C5H7NO3S. The summed E-state index contributed by atoms with van der Waals surface area (Å²) in [4.78, 5) is 3.60. The SMILES string of the molecule is COCC1=CS(=O)(=O)C=N1. The minimum atomic E-state index is -3.15. The molecule has 0 spiro atoms. The highest BCUT2D eigenvalue weighted by molar-refractivity contribution is 8.07. The van der Waals surface area contributed by atoms with Crippen LogP contribution in [0.4, 0.5) is 0 Å². The van der Waals surface area contributed by atoms with Crippen molar-refractivity contribution in [2.45, 2.75) is 0 Å². The van der Waals surface area contributed by atoms with Gasteiger partial charge in [-0.3, -0.25) is 0 Å². The predicted molar refractivity (Wildman–Crippen MR) is 37.4 cm³/mol.